The first-order chi connectivity index (χ1) is 14.3. The Morgan fingerprint density at radius 2 is 1.73 bits per heavy atom. The molecule has 3 aliphatic rings. The van der Waals surface area contributed by atoms with E-state index in [0.29, 0.717) is 10.7 Å². The van der Waals surface area contributed by atoms with E-state index in [0.717, 1.165) is 24.2 Å². The number of hydrogen-bond donors (Lipinski definition) is 1. The molecule has 1 aromatic rings. The van der Waals surface area contributed by atoms with E-state index in [2.05, 4.69) is 5.32 Å². The highest BCUT2D eigenvalue weighted by Crippen LogP contribution is 2.56. The fraction of sp³-hybridized carbons (Fsp3) is 0.545. The second-order valence-corrected chi connectivity index (χ2v) is 9.16. The molecule has 3 amide bonds. The van der Waals surface area contributed by atoms with Gasteiger partial charge in [-0.15, -0.1) is 0 Å². The number of rotatable bonds is 6. The van der Waals surface area contributed by atoms with Crippen molar-refractivity contribution in [3.05, 3.63) is 29.3 Å². The third-order valence-electron chi connectivity index (χ3n) is 6.61. The van der Waals surface area contributed by atoms with Crippen LogP contribution >= 0.6 is 11.6 Å². The van der Waals surface area contributed by atoms with Gasteiger partial charge in [-0.25, -0.2) is 4.79 Å². The molecule has 0 spiro atoms. The number of nitrogens with one attached hydrogen (secondary N) is 1. The van der Waals surface area contributed by atoms with Crippen molar-refractivity contribution in [3.8, 4) is 0 Å². The SMILES string of the molecule is CC(C)[C@@H](C(=O)OCC(=O)Nc1ccccc1Cl)N1C(=O)[C@@H]2[C@H]3CC[C@@H](C3)[C@@H]2C1=O. The van der Waals surface area contributed by atoms with E-state index < -0.39 is 24.5 Å². The van der Waals surface area contributed by atoms with Crippen molar-refractivity contribution in [2.45, 2.75) is 39.2 Å². The van der Waals surface area contributed by atoms with Crippen LogP contribution in [-0.2, 0) is 23.9 Å². The Hall–Kier alpha value is -2.41. The molecule has 0 radical (unpaired) electrons. The summed E-state index contributed by atoms with van der Waals surface area (Å²) in [5.74, 6) is -2.24. The van der Waals surface area contributed by atoms with E-state index >= 15 is 0 Å². The predicted octanol–water partition coefficient (Wildman–Crippen LogP) is 2.88. The predicted molar refractivity (Wildman–Crippen MR) is 109 cm³/mol. The highest BCUT2D eigenvalue weighted by atomic mass is 35.5. The lowest BCUT2D eigenvalue weighted by Crippen LogP contribution is -2.50. The fourth-order valence-electron chi connectivity index (χ4n) is 5.35. The third-order valence-corrected chi connectivity index (χ3v) is 6.94. The largest absolute Gasteiger partial charge is 0.454 e. The zero-order valence-corrected chi connectivity index (χ0v) is 17.7. The molecule has 2 saturated carbocycles. The molecule has 2 aliphatic carbocycles. The van der Waals surface area contributed by atoms with Gasteiger partial charge in [-0.3, -0.25) is 19.3 Å². The van der Waals surface area contributed by atoms with Crippen LogP contribution in [0.1, 0.15) is 33.1 Å². The Morgan fingerprint density at radius 1 is 1.13 bits per heavy atom. The average molecular weight is 433 g/mol. The maximum atomic E-state index is 13.1. The van der Waals surface area contributed by atoms with Crippen LogP contribution < -0.4 is 5.32 Å². The monoisotopic (exact) mass is 432 g/mol. The summed E-state index contributed by atoms with van der Waals surface area (Å²) in [6.45, 7) is 3.00. The van der Waals surface area contributed by atoms with Crippen molar-refractivity contribution in [2.75, 3.05) is 11.9 Å². The van der Waals surface area contributed by atoms with Crippen LogP contribution in [0.2, 0.25) is 5.02 Å². The molecular weight excluding hydrogens is 408 g/mol. The van der Waals surface area contributed by atoms with E-state index in [4.69, 9.17) is 16.3 Å². The third kappa shape index (κ3) is 3.49. The second kappa shape index (κ2) is 8.02. The summed E-state index contributed by atoms with van der Waals surface area (Å²) in [7, 11) is 0. The smallest absolute Gasteiger partial charge is 0.330 e. The number of imide groups is 1. The molecule has 1 N–H and O–H groups in total. The molecule has 8 heteroatoms. The van der Waals surface area contributed by atoms with Gasteiger partial charge < -0.3 is 10.1 Å². The number of amides is 3. The van der Waals surface area contributed by atoms with Crippen LogP contribution in [0.15, 0.2) is 24.3 Å². The molecule has 0 unspecified atom stereocenters. The van der Waals surface area contributed by atoms with Gasteiger partial charge in [0, 0.05) is 0 Å². The molecule has 2 bridgehead atoms. The van der Waals surface area contributed by atoms with Crippen LogP contribution in [0, 0.1) is 29.6 Å². The first-order valence-corrected chi connectivity index (χ1v) is 10.7. The van der Waals surface area contributed by atoms with Gasteiger partial charge in [-0.1, -0.05) is 37.6 Å². The number of halogens is 1. The first kappa shape index (κ1) is 20.8. The summed E-state index contributed by atoms with van der Waals surface area (Å²) in [6.07, 6.45) is 2.87. The number of benzene rings is 1. The molecule has 1 aromatic carbocycles. The molecule has 1 aliphatic heterocycles. The van der Waals surface area contributed by atoms with Gasteiger partial charge in [0.05, 0.1) is 22.5 Å². The quantitative estimate of drug-likeness (QED) is 0.551. The maximum absolute atomic E-state index is 13.1. The Balaban J connectivity index is 1.42. The Kier molecular flexibility index (Phi) is 5.57. The van der Waals surface area contributed by atoms with E-state index in [1.54, 1.807) is 38.1 Å². The molecule has 7 nitrogen and oxygen atoms in total. The van der Waals surface area contributed by atoms with E-state index in [1.807, 2.05) is 0 Å². The minimum atomic E-state index is -1.02. The van der Waals surface area contributed by atoms with Crippen molar-refractivity contribution >= 4 is 41.0 Å². The number of esters is 1. The van der Waals surface area contributed by atoms with Crippen LogP contribution in [-0.4, -0.2) is 41.2 Å². The summed E-state index contributed by atoms with van der Waals surface area (Å²) in [5.41, 5.74) is 0.411. The number of para-hydroxylation sites is 1. The zero-order chi connectivity index (χ0) is 21.6. The van der Waals surface area contributed by atoms with Gasteiger partial charge in [-0.2, -0.15) is 0 Å². The van der Waals surface area contributed by atoms with Gasteiger partial charge in [-0.05, 0) is 49.1 Å². The molecule has 5 atom stereocenters. The number of likely N-dealkylation sites (tertiary alicyclic amines) is 1. The second-order valence-electron chi connectivity index (χ2n) is 8.76. The standard InChI is InChI=1S/C22H25ClN2O5/c1-11(2)19(22(29)30-10-16(26)24-15-6-4-3-5-14(15)23)25-20(27)17-12-7-8-13(9-12)18(17)21(25)28/h3-6,11-13,17-19H,7-10H2,1-2H3,(H,24,26)/t12-,13-,17-,18+,19-/m0/s1. The lowest BCUT2D eigenvalue weighted by atomic mass is 9.81. The summed E-state index contributed by atoms with van der Waals surface area (Å²) in [6, 6.07) is 5.69. The Labute approximate surface area is 180 Å². The number of fused-ring (bicyclic) bond motifs is 5. The summed E-state index contributed by atoms with van der Waals surface area (Å²) in [4.78, 5) is 52.2. The van der Waals surface area contributed by atoms with E-state index in [9.17, 15) is 19.2 Å². The molecule has 1 heterocycles. The summed E-state index contributed by atoms with van der Waals surface area (Å²) in [5, 5.41) is 2.94. The average Bonchev–Trinajstić information content (AvgIpc) is 3.38. The molecule has 1 saturated heterocycles. The molecule has 160 valence electrons. The topological polar surface area (TPSA) is 92.8 Å². The van der Waals surface area contributed by atoms with E-state index in [1.165, 1.54) is 0 Å². The van der Waals surface area contributed by atoms with Gasteiger partial charge in [0.1, 0.15) is 6.04 Å². The highest BCUT2D eigenvalue weighted by Gasteiger charge is 2.62. The number of ether oxygens (including phenoxy) is 1. The fourth-order valence-corrected chi connectivity index (χ4v) is 5.54. The van der Waals surface area contributed by atoms with Gasteiger partial charge >= 0.3 is 5.97 Å². The molecular formula is C22H25ClN2O5. The van der Waals surface area contributed by atoms with Crippen molar-refractivity contribution in [1.29, 1.82) is 0 Å². The van der Waals surface area contributed by atoms with E-state index in [-0.39, 0.29) is 41.4 Å². The Bertz CT molecular complexity index is 873. The number of carbonyl (C=O) groups excluding carboxylic acids is 4. The summed E-state index contributed by atoms with van der Waals surface area (Å²) < 4.78 is 5.20. The number of carbonyl (C=O) groups is 4. The van der Waals surface area contributed by atoms with Gasteiger partial charge in [0.25, 0.3) is 5.91 Å². The number of anilines is 1. The molecule has 30 heavy (non-hydrogen) atoms. The normalized spacial score (nSPS) is 28.1. The molecule has 0 aromatic heterocycles. The van der Waals surface area contributed by atoms with Crippen LogP contribution in [0.25, 0.3) is 0 Å². The van der Waals surface area contributed by atoms with Crippen LogP contribution in [0.4, 0.5) is 5.69 Å². The van der Waals surface area contributed by atoms with Gasteiger partial charge in [0.2, 0.25) is 11.8 Å². The number of nitrogens with zero attached hydrogens (tertiary/aromatic N) is 1. The van der Waals surface area contributed by atoms with Gasteiger partial charge in [0.15, 0.2) is 6.61 Å². The first-order valence-electron chi connectivity index (χ1n) is 10.4. The van der Waals surface area contributed by atoms with Crippen molar-refractivity contribution in [1.82, 2.24) is 4.90 Å². The Morgan fingerprint density at radius 3 is 2.30 bits per heavy atom. The van der Waals surface area contributed by atoms with Crippen LogP contribution in [0.5, 0.6) is 0 Å². The van der Waals surface area contributed by atoms with Crippen molar-refractivity contribution in [2.24, 2.45) is 29.6 Å². The van der Waals surface area contributed by atoms with Crippen LogP contribution in [0.3, 0.4) is 0 Å². The zero-order valence-electron chi connectivity index (χ0n) is 17.0. The highest BCUT2D eigenvalue weighted by molar-refractivity contribution is 6.33. The lowest BCUT2D eigenvalue weighted by molar-refractivity contribution is -0.162. The molecule has 4 rings (SSSR count). The summed E-state index contributed by atoms with van der Waals surface area (Å²) >= 11 is 6.01. The minimum Gasteiger partial charge on any atom is -0.454 e. The number of hydrogen-bond acceptors (Lipinski definition) is 5. The minimum absolute atomic E-state index is 0.242. The molecule has 3 fully saturated rings. The van der Waals surface area contributed by atoms with Crippen molar-refractivity contribution in [3.63, 3.8) is 0 Å². The maximum Gasteiger partial charge on any atom is 0.330 e. The van der Waals surface area contributed by atoms with Crippen molar-refractivity contribution < 1.29 is 23.9 Å². The lowest BCUT2D eigenvalue weighted by Gasteiger charge is -2.28.